The molecule has 7 nitrogen and oxygen atoms in total. The molecular weight excluding hydrogens is 314 g/mol. The monoisotopic (exact) mass is 331 g/mol. The van der Waals surface area contributed by atoms with Gasteiger partial charge in [0.15, 0.2) is 5.82 Å². The molecule has 0 bridgehead atoms. The molecule has 124 valence electrons. The van der Waals surface area contributed by atoms with Crippen molar-refractivity contribution < 1.29 is 0 Å². The number of anilines is 3. The summed E-state index contributed by atoms with van der Waals surface area (Å²) in [6.45, 7) is 4.00. The first kappa shape index (κ1) is 16.3. The molecule has 0 amide bonds. The Bertz CT molecular complexity index is 901. The van der Waals surface area contributed by atoms with Crippen molar-refractivity contribution >= 4 is 17.6 Å². The number of pyridine rings is 1. The molecule has 0 spiro atoms. The van der Waals surface area contributed by atoms with Gasteiger partial charge in [0, 0.05) is 12.2 Å². The van der Waals surface area contributed by atoms with Crippen molar-refractivity contribution in [2.45, 2.75) is 19.9 Å². The van der Waals surface area contributed by atoms with E-state index in [0.717, 1.165) is 0 Å². The lowest BCUT2D eigenvalue weighted by molar-refractivity contribution is 0.869. The van der Waals surface area contributed by atoms with Gasteiger partial charge < -0.3 is 10.6 Å². The van der Waals surface area contributed by atoms with Gasteiger partial charge in [-0.3, -0.25) is 4.98 Å². The van der Waals surface area contributed by atoms with E-state index in [2.05, 4.69) is 36.6 Å². The van der Waals surface area contributed by atoms with Gasteiger partial charge in [-0.05, 0) is 38.1 Å². The second-order valence-electron chi connectivity index (χ2n) is 5.60. The fourth-order valence-corrected chi connectivity index (χ4v) is 2.17. The number of para-hydroxylation sites is 1. The minimum absolute atomic E-state index is 0.165. The summed E-state index contributed by atoms with van der Waals surface area (Å²) in [5, 5.41) is 15.5. The van der Waals surface area contributed by atoms with Crippen LogP contribution in [0.15, 0.2) is 48.7 Å². The molecule has 1 aromatic carbocycles. The predicted molar refractivity (Wildman–Crippen MR) is 96.3 cm³/mol. The molecular formula is C18H17N7. The molecule has 0 aliphatic carbocycles. The Hall–Kier alpha value is -3.53. The molecule has 0 fully saturated rings. The SMILES string of the molecule is CC(C)Nc1nc(Nc2ccccc2C#N)nc(-c2ccccn2)n1. The van der Waals surface area contributed by atoms with E-state index in [0.29, 0.717) is 34.7 Å². The molecule has 0 radical (unpaired) electrons. The summed E-state index contributed by atoms with van der Waals surface area (Å²) >= 11 is 0. The third kappa shape index (κ3) is 4.06. The minimum Gasteiger partial charge on any atom is -0.352 e. The number of nitrogens with zero attached hydrogens (tertiary/aromatic N) is 5. The van der Waals surface area contributed by atoms with Gasteiger partial charge in [0.05, 0.1) is 11.3 Å². The van der Waals surface area contributed by atoms with Crippen LogP contribution in [-0.4, -0.2) is 26.0 Å². The summed E-state index contributed by atoms with van der Waals surface area (Å²) in [5.41, 5.74) is 1.80. The molecule has 7 heteroatoms. The van der Waals surface area contributed by atoms with Gasteiger partial charge in [0.1, 0.15) is 11.8 Å². The van der Waals surface area contributed by atoms with E-state index in [9.17, 15) is 5.26 Å². The second kappa shape index (κ2) is 7.36. The number of benzene rings is 1. The summed E-state index contributed by atoms with van der Waals surface area (Å²) in [7, 11) is 0. The smallest absolute Gasteiger partial charge is 0.232 e. The van der Waals surface area contributed by atoms with Crippen LogP contribution in [0.2, 0.25) is 0 Å². The lowest BCUT2D eigenvalue weighted by Gasteiger charge is -2.12. The summed E-state index contributed by atoms with van der Waals surface area (Å²) in [4.78, 5) is 17.5. The maximum Gasteiger partial charge on any atom is 0.232 e. The number of aromatic nitrogens is 4. The van der Waals surface area contributed by atoms with Crippen LogP contribution in [0.4, 0.5) is 17.6 Å². The quantitative estimate of drug-likeness (QED) is 0.739. The predicted octanol–water partition coefficient (Wildman–Crippen LogP) is 3.37. The highest BCUT2D eigenvalue weighted by atomic mass is 15.2. The molecule has 0 saturated heterocycles. The third-order valence-corrected chi connectivity index (χ3v) is 3.24. The lowest BCUT2D eigenvalue weighted by atomic mass is 10.2. The molecule has 2 heterocycles. The molecule has 3 aromatic rings. The van der Waals surface area contributed by atoms with Crippen molar-refractivity contribution in [1.82, 2.24) is 19.9 Å². The van der Waals surface area contributed by atoms with Crippen LogP contribution in [0.25, 0.3) is 11.5 Å². The lowest BCUT2D eigenvalue weighted by Crippen LogP contribution is -2.14. The summed E-state index contributed by atoms with van der Waals surface area (Å²) in [5.74, 6) is 1.25. The zero-order chi connectivity index (χ0) is 17.6. The fraction of sp³-hybridized carbons (Fsp3) is 0.167. The van der Waals surface area contributed by atoms with Crippen LogP contribution in [-0.2, 0) is 0 Å². The highest BCUT2D eigenvalue weighted by molar-refractivity contribution is 5.64. The average Bonchev–Trinajstić information content (AvgIpc) is 2.62. The van der Waals surface area contributed by atoms with Crippen LogP contribution in [0, 0.1) is 11.3 Å². The van der Waals surface area contributed by atoms with Crippen LogP contribution >= 0.6 is 0 Å². The van der Waals surface area contributed by atoms with E-state index >= 15 is 0 Å². The normalized spacial score (nSPS) is 10.3. The first-order valence-corrected chi connectivity index (χ1v) is 7.86. The van der Waals surface area contributed by atoms with Gasteiger partial charge in [0.2, 0.25) is 11.9 Å². The number of nitrogens with one attached hydrogen (secondary N) is 2. The highest BCUT2D eigenvalue weighted by Crippen LogP contribution is 2.21. The van der Waals surface area contributed by atoms with Gasteiger partial charge in [-0.25, -0.2) is 0 Å². The van der Waals surface area contributed by atoms with E-state index in [4.69, 9.17) is 0 Å². The average molecular weight is 331 g/mol. The van der Waals surface area contributed by atoms with Gasteiger partial charge in [-0.15, -0.1) is 0 Å². The van der Waals surface area contributed by atoms with Gasteiger partial charge in [-0.1, -0.05) is 18.2 Å². The van der Waals surface area contributed by atoms with Gasteiger partial charge in [0.25, 0.3) is 0 Å². The van der Waals surface area contributed by atoms with E-state index in [-0.39, 0.29) is 6.04 Å². The van der Waals surface area contributed by atoms with E-state index in [1.165, 1.54) is 0 Å². The van der Waals surface area contributed by atoms with Crippen LogP contribution in [0.5, 0.6) is 0 Å². The van der Waals surface area contributed by atoms with Crippen LogP contribution in [0.1, 0.15) is 19.4 Å². The largest absolute Gasteiger partial charge is 0.352 e. The molecule has 0 saturated carbocycles. The van der Waals surface area contributed by atoms with Crippen molar-refractivity contribution in [3.05, 3.63) is 54.2 Å². The number of hydrogen-bond acceptors (Lipinski definition) is 7. The summed E-state index contributed by atoms with van der Waals surface area (Å²) in [6.07, 6.45) is 1.69. The zero-order valence-corrected chi connectivity index (χ0v) is 13.9. The standard InChI is InChI=1S/C18H17N7/c1-12(2)21-17-23-16(15-9-5-6-10-20-15)24-18(25-17)22-14-8-4-3-7-13(14)11-19/h3-10,12H,1-2H3,(H2,21,22,23,24,25). The van der Waals surface area contributed by atoms with Gasteiger partial charge in [-0.2, -0.15) is 20.2 Å². The number of nitriles is 1. The van der Waals surface area contributed by atoms with Crippen molar-refractivity contribution in [3.63, 3.8) is 0 Å². The van der Waals surface area contributed by atoms with E-state index in [1.807, 2.05) is 44.2 Å². The second-order valence-corrected chi connectivity index (χ2v) is 5.60. The molecule has 3 rings (SSSR count). The molecule has 0 unspecified atom stereocenters. The van der Waals surface area contributed by atoms with Crippen molar-refractivity contribution in [2.75, 3.05) is 10.6 Å². The Balaban J connectivity index is 2.02. The van der Waals surface area contributed by atoms with E-state index < -0.39 is 0 Å². The maximum absolute atomic E-state index is 9.24. The summed E-state index contributed by atoms with van der Waals surface area (Å²) < 4.78 is 0. The Labute approximate surface area is 145 Å². The number of rotatable bonds is 5. The molecule has 2 N–H and O–H groups in total. The summed E-state index contributed by atoms with van der Waals surface area (Å²) in [6, 6.07) is 15.0. The Morgan fingerprint density at radius 1 is 0.960 bits per heavy atom. The van der Waals surface area contributed by atoms with Crippen molar-refractivity contribution in [3.8, 4) is 17.6 Å². The third-order valence-electron chi connectivity index (χ3n) is 3.24. The topological polar surface area (TPSA) is 99.4 Å². The molecule has 0 aliphatic heterocycles. The van der Waals surface area contributed by atoms with E-state index in [1.54, 1.807) is 18.3 Å². The Morgan fingerprint density at radius 3 is 2.44 bits per heavy atom. The molecule has 2 aromatic heterocycles. The molecule has 0 aliphatic rings. The molecule has 25 heavy (non-hydrogen) atoms. The Morgan fingerprint density at radius 2 is 1.72 bits per heavy atom. The highest BCUT2D eigenvalue weighted by Gasteiger charge is 2.11. The minimum atomic E-state index is 0.165. The maximum atomic E-state index is 9.24. The van der Waals surface area contributed by atoms with Gasteiger partial charge >= 0.3 is 0 Å². The molecule has 0 atom stereocenters. The van der Waals surface area contributed by atoms with Crippen LogP contribution < -0.4 is 10.6 Å². The van der Waals surface area contributed by atoms with Crippen molar-refractivity contribution in [1.29, 1.82) is 5.26 Å². The zero-order valence-electron chi connectivity index (χ0n) is 13.9. The fourth-order valence-electron chi connectivity index (χ4n) is 2.17. The van der Waals surface area contributed by atoms with Crippen LogP contribution in [0.3, 0.4) is 0 Å². The first-order chi connectivity index (χ1) is 12.2. The number of hydrogen-bond donors (Lipinski definition) is 2. The first-order valence-electron chi connectivity index (χ1n) is 7.86. The Kier molecular flexibility index (Phi) is 4.81. The van der Waals surface area contributed by atoms with Crippen molar-refractivity contribution in [2.24, 2.45) is 0 Å².